The third-order valence-electron chi connectivity index (χ3n) is 1.77. The smallest absolute Gasteiger partial charge is 0.280 e. The fourth-order valence-corrected chi connectivity index (χ4v) is 1.75. The highest BCUT2D eigenvalue weighted by atomic mass is 35.7. The zero-order valence-electron chi connectivity index (χ0n) is 8.39. The van der Waals surface area contributed by atoms with Crippen LogP contribution in [0, 0.1) is 0 Å². The molecule has 0 aliphatic heterocycles. The number of aromatic nitrogens is 2. The Morgan fingerprint density at radius 1 is 1.60 bits per heavy atom. The van der Waals surface area contributed by atoms with Crippen LogP contribution in [0.4, 0.5) is 0 Å². The minimum absolute atomic E-state index is 0.111. The van der Waals surface area contributed by atoms with E-state index in [4.69, 9.17) is 15.4 Å². The molecule has 0 bridgehead atoms. The molecule has 0 atom stereocenters. The van der Waals surface area contributed by atoms with Gasteiger partial charge in [-0.3, -0.25) is 0 Å². The maximum absolute atomic E-state index is 10.9. The first-order chi connectivity index (χ1) is 7.04. The van der Waals surface area contributed by atoms with Gasteiger partial charge in [0.25, 0.3) is 9.05 Å². The van der Waals surface area contributed by atoms with Crippen LogP contribution in [0.1, 0.15) is 13.3 Å². The van der Waals surface area contributed by atoms with Crippen molar-refractivity contribution in [3.8, 4) is 0 Å². The second kappa shape index (κ2) is 5.48. The van der Waals surface area contributed by atoms with Gasteiger partial charge in [-0.2, -0.15) is 0 Å². The highest BCUT2D eigenvalue weighted by Crippen LogP contribution is 2.11. The summed E-state index contributed by atoms with van der Waals surface area (Å²) in [6.45, 7) is 3.93. The first-order valence-corrected chi connectivity index (χ1v) is 6.89. The Morgan fingerprint density at radius 3 is 2.87 bits per heavy atom. The molecule has 15 heavy (non-hydrogen) atoms. The van der Waals surface area contributed by atoms with Crippen molar-refractivity contribution in [2.45, 2.75) is 24.9 Å². The molecule has 86 valence electrons. The van der Waals surface area contributed by atoms with Crippen LogP contribution in [-0.2, 0) is 20.3 Å². The van der Waals surface area contributed by atoms with Gasteiger partial charge in [0.15, 0.2) is 5.03 Å². The largest absolute Gasteiger partial charge is 0.382 e. The number of rotatable bonds is 6. The van der Waals surface area contributed by atoms with Gasteiger partial charge in [0.2, 0.25) is 0 Å². The Kier molecular flexibility index (Phi) is 4.56. The van der Waals surface area contributed by atoms with Crippen molar-refractivity contribution in [2.24, 2.45) is 0 Å². The highest BCUT2D eigenvalue weighted by Gasteiger charge is 2.12. The summed E-state index contributed by atoms with van der Waals surface area (Å²) >= 11 is 0. The molecule has 0 unspecified atom stereocenters. The van der Waals surface area contributed by atoms with Crippen molar-refractivity contribution in [3.63, 3.8) is 0 Å². The SMILES string of the molecule is CCOCCCn1cnc(S(=O)(=O)Cl)c1. The van der Waals surface area contributed by atoms with E-state index in [1.54, 1.807) is 4.57 Å². The summed E-state index contributed by atoms with van der Waals surface area (Å²) in [4.78, 5) is 3.69. The first kappa shape index (κ1) is 12.5. The molecule has 0 N–H and O–H groups in total. The molecule has 0 aliphatic rings. The zero-order valence-corrected chi connectivity index (χ0v) is 9.96. The van der Waals surface area contributed by atoms with Gasteiger partial charge >= 0.3 is 0 Å². The van der Waals surface area contributed by atoms with Crippen LogP contribution in [0.15, 0.2) is 17.6 Å². The summed E-state index contributed by atoms with van der Waals surface area (Å²) in [5.74, 6) is 0. The molecule has 0 fully saturated rings. The van der Waals surface area contributed by atoms with E-state index in [0.29, 0.717) is 19.8 Å². The van der Waals surface area contributed by atoms with Crippen LogP contribution in [0.5, 0.6) is 0 Å². The van der Waals surface area contributed by atoms with Crippen LogP contribution in [0.3, 0.4) is 0 Å². The monoisotopic (exact) mass is 252 g/mol. The molecule has 1 heterocycles. The van der Waals surface area contributed by atoms with Crippen LogP contribution in [0.2, 0.25) is 0 Å². The normalized spacial score (nSPS) is 11.9. The molecule has 0 amide bonds. The third-order valence-corrected chi connectivity index (χ3v) is 2.95. The molecular weight excluding hydrogens is 240 g/mol. The van der Waals surface area contributed by atoms with Gasteiger partial charge in [0.05, 0.1) is 6.33 Å². The molecule has 0 saturated carbocycles. The summed E-state index contributed by atoms with van der Waals surface area (Å²) in [5, 5.41) is -0.111. The van der Waals surface area contributed by atoms with E-state index in [1.165, 1.54) is 12.5 Å². The van der Waals surface area contributed by atoms with E-state index in [2.05, 4.69) is 4.98 Å². The van der Waals surface area contributed by atoms with Crippen LogP contribution < -0.4 is 0 Å². The standard InChI is InChI=1S/C8H13ClN2O3S/c1-2-14-5-3-4-11-6-8(10-7-11)15(9,12)13/h6-7H,2-5H2,1H3. The Balaban J connectivity index is 2.47. The minimum Gasteiger partial charge on any atom is -0.382 e. The maximum atomic E-state index is 10.9. The third kappa shape index (κ3) is 4.19. The molecule has 0 saturated heterocycles. The van der Waals surface area contributed by atoms with Crippen molar-refractivity contribution >= 4 is 19.7 Å². The second-order valence-corrected chi connectivity index (χ2v) is 5.45. The van der Waals surface area contributed by atoms with E-state index < -0.39 is 9.05 Å². The number of aryl methyl sites for hydroxylation is 1. The summed E-state index contributed by atoms with van der Waals surface area (Å²) in [7, 11) is 1.42. The number of hydrogen-bond donors (Lipinski definition) is 0. The Labute approximate surface area is 93.4 Å². The molecule has 0 spiro atoms. The molecule has 7 heteroatoms. The average Bonchev–Trinajstić information content (AvgIpc) is 2.60. The van der Waals surface area contributed by atoms with Gasteiger partial charge in [-0.15, -0.1) is 0 Å². The van der Waals surface area contributed by atoms with E-state index in [0.717, 1.165) is 6.42 Å². The van der Waals surface area contributed by atoms with E-state index >= 15 is 0 Å². The fourth-order valence-electron chi connectivity index (χ4n) is 1.08. The van der Waals surface area contributed by atoms with Crippen molar-refractivity contribution in [2.75, 3.05) is 13.2 Å². The quantitative estimate of drug-likeness (QED) is 0.565. The fraction of sp³-hybridized carbons (Fsp3) is 0.625. The van der Waals surface area contributed by atoms with Gasteiger partial charge in [-0.1, -0.05) is 0 Å². The minimum atomic E-state index is -3.71. The number of nitrogens with zero attached hydrogens (tertiary/aromatic N) is 2. The summed E-state index contributed by atoms with van der Waals surface area (Å²) in [5.41, 5.74) is 0. The molecule has 0 radical (unpaired) electrons. The predicted molar refractivity (Wildman–Crippen MR) is 56.4 cm³/mol. The number of halogens is 1. The lowest BCUT2D eigenvalue weighted by molar-refractivity contribution is 0.141. The average molecular weight is 253 g/mol. The zero-order chi connectivity index (χ0) is 11.3. The Bertz CT molecular complexity index is 402. The van der Waals surface area contributed by atoms with Crippen molar-refractivity contribution in [3.05, 3.63) is 12.5 Å². The van der Waals surface area contributed by atoms with Crippen LogP contribution >= 0.6 is 10.7 Å². The lowest BCUT2D eigenvalue weighted by atomic mass is 10.4. The van der Waals surface area contributed by atoms with Crippen LogP contribution in [0.25, 0.3) is 0 Å². The lowest BCUT2D eigenvalue weighted by Crippen LogP contribution is -2.00. The van der Waals surface area contributed by atoms with E-state index in [9.17, 15) is 8.42 Å². The molecule has 0 aliphatic carbocycles. The Morgan fingerprint density at radius 2 is 2.33 bits per heavy atom. The Hall–Kier alpha value is -0.590. The summed E-state index contributed by atoms with van der Waals surface area (Å²) in [6, 6.07) is 0. The molecule has 1 rings (SSSR count). The van der Waals surface area contributed by atoms with E-state index in [-0.39, 0.29) is 5.03 Å². The van der Waals surface area contributed by atoms with Crippen molar-refractivity contribution < 1.29 is 13.2 Å². The predicted octanol–water partition coefficient (Wildman–Crippen LogP) is 1.24. The second-order valence-electron chi connectivity index (χ2n) is 2.94. The van der Waals surface area contributed by atoms with Gasteiger partial charge < -0.3 is 9.30 Å². The molecule has 5 nitrogen and oxygen atoms in total. The number of imidazole rings is 1. The molecular formula is C8H13ClN2O3S. The molecule has 1 aromatic rings. The summed E-state index contributed by atoms with van der Waals surface area (Å²) < 4.78 is 28.6. The molecule has 1 aromatic heterocycles. The van der Waals surface area contributed by atoms with Gasteiger partial charge in [0.1, 0.15) is 0 Å². The number of ether oxygens (including phenoxy) is 1. The number of hydrogen-bond acceptors (Lipinski definition) is 4. The summed E-state index contributed by atoms with van der Waals surface area (Å²) in [6.07, 6.45) is 3.67. The molecule has 0 aromatic carbocycles. The first-order valence-electron chi connectivity index (χ1n) is 4.58. The van der Waals surface area contributed by atoms with Crippen LogP contribution in [-0.4, -0.2) is 31.2 Å². The van der Waals surface area contributed by atoms with Gasteiger partial charge in [-0.25, -0.2) is 13.4 Å². The van der Waals surface area contributed by atoms with E-state index in [1.807, 2.05) is 6.92 Å². The van der Waals surface area contributed by atoms with Gasteiger partial charge in [0, 0.05) is 36.6 Å². The van der Waals surface area contributed by atoms with Gasteiger partial charge in [-0.05, 0) is 13.3 Å². The van der Waals surface area contributed by atoms with Crippen molar-refractivity contribution in [1.29, 1.82) is 0 Å². The highest BCUT2D eigenvalue weighted by molar-refractivity contribution is 8.13. The topological polar surface area (TPSA) is 61.2 Å². The maximum Gasteiger partial charge on any atom is 0.280 e. The van der Waals surface area contributed by atoms with Crippen molar-refractivity contribution in [1.82, 2.24) is 9.55 Å². The lowest BCUT2D eigenvalue weighted by Gasteiger charge is -2.01.